The summed E-state index contributed by atoms with van der Waals surface area (Å²) in [6, 6.07) is 5.71. The third-order valence-electron chi connectivity index (χ3n) is 4.87. The first-order valence-corrected chi connectivity index (χ1v) is 7.89. The Morgan fingerprint density at radius 1 is 1.27 bits per heavy atom. The van der Waals surface area contributed by atoms with Gasteiger partial charge >= 0.3 is 0 Å². The Morgan fingerprint density at radius 3 is 2.86 bits per heavy atom. The molecule has 2 aromatic rings. The van der Waals surface area contributed by atoms with Crippen LogP contribution < -0.4 is 0 Å². The SMILES string of the molecule is O=C(c1cccc2c3c([nH]c12)CCCC3)N1C[C@@H](O)[C@H](F)C1. The Labute approximate surface area is 127 Å². The lowest BCUT2D eigenvalue weighted by atomic mass is 9.95. The number of hydrogen-bond donors (Lipinski definition) is 2. The van der Waals surface area contributed by atoms with Crippen LogP contribution in [-0.2, 0) is 12.8 Å². The minimum absolute atomic E-state index is 0.0309. The summed E-state index contributed by atoms with van der Waals surface area (Å²) in [5.74, 6) is -0.205. The van der Waals surface area contributed by atoms with E-state index in [1.54, 1.807) is 6.07 Å². The second-order valence-electron chi connectivity index (χ2n) is 6.31. The number of aromatic amines is 1. The number of β-amino-alcohol motifs (C(OH)–C–C–N with tert-alkyl or cyclic N) is 1. The van der Waals surface area contributed by atoms with E-state index in [9.17, 15) is 14.3 Å². The van der Waals surface area contributed by atoms with E-state index in [0.29, 0.717) is 5.56 Å². The summed E-state index contributed by atoms with van der Waals surface area (Å²) in [5.41, 5.74) is 3.98. The number of halogens is 1. The number of aryl methyl sites for hydroxylation is 2. The number of nitrogens with one attached hydrogen (secondary N) is 1. The number of carbonyl (C=O) groups is 1. The first-order valence-electron chi connectivity index (χ1n) is 7.89. The monoisotopic (exact) mass is 302 g/mol. The first-order chi connectivity index (χ1) is 10.6. The van der Waals surface area contributed by atoms with Crippen LogP contribution in [0.2, 0.25) is 0 Å². The topological polar surface area (TPSA) is 56.3 Å². The summed E-state index contributed by atoms with van der Waals surface area (Å²) >= 11 is 0. The van der Waals surface area contributed by atoms with Crippen LogP contribution in [0.4, 0.5) is 4.39 Å². The van der Waals surface area contributed by atoms with Gasteiger partial charge in [-0.2, -0.15) is 0 Å². The lowest BCUT2D eigenvalue weighted by Crippen LogP contribution is -2.29. The van der Waals surface area contributed by atoms with Gasteiger partial charge in [-0.1, -0.05) is 12.1 Å². The second-order valence-corrected chi connectivity index (χ2v) is 6.31. The van der Waals surface area contributed by atoms with Crippen molar-refractivity contribution in [2.45, 2.75) is 38.0 Å². The Kier molecular flexibility index (Phi) is 3.18. The smallest absolute Gasteiger partial charge is 0.256 e. The normalized spacial score (nSPS) is 24.7. The molecule has 2 atom stereocenters. The average Bonchev–Trinajstić information content (AvgIpc) is 3.07. The van der Waals surface area contributed by atoms with Crippen LogP contribution in [-0.4, -0.2) is 46.3 Å². The average molecular weight is 302 g/mol. The number of fused-ring (bicyclic) bond motifs is 3. The summed E-state index contributed by atoms with van der Waals surface area (Å²) in [6.45, 7) is 0.0353. The Morgan fingerprint density at radius 2 is 2.09 bits per heavy atom. The molecule has 5 heteroatoms. The van der Waals surface area contributed by atoms with Gasteiger partial charge in [-0.05, 0) is 37.3 Å². The highest BCUT2D eigenvalue weighted by atomic mass is 19.1. The van der Waals surface area contributed by atoms with E-state index in [4.69, 9.17) is 0 Å². The van der Waals surface area contributed by atoms with Crippen molar-refractivity contribution < 1.29 is 14.3 Å². The van der Waals surface area contributed by atoms with Crippen molar-refractivity contribution in [1.82, 2.24) is 9.88 Å². The Balaban J connectivity index is 1.76. The number of nitrogens with zero attached hydrogens (tertiary/aromatic N) is 1. The molecule has 0 spiro atoms. The fourth-order valence-electron chi connectivity index (χ4n) is 3.69. The molecule has 116 valence electrons. The molecule has 1 saturated heterocycles. The zero-order valence-electron chi connectivity index (χ0n) is 12.3. The van der Waals surface area contributed by atoms with Gasteiger partial charge in [-0.25, -0.2) is 4.39 Å². The van der Waals surface area contributed by atoms with Gasteiger partial charge in [0.25, 0.3) is 5.91 Å². The fraction of sp³-hybridized carbons (Fsp3) is 0.471. The van der Waals surface area contributed by atoms with Crippen LogP contribution in [0.3, 0.4) is 0 Å². The van der Waals surface area contributed by atoms with Crippen LogP contribution in [0.5, 0.6) is 0 Å². The number of para-hydroxylation sites is 1. The van der Waals surface area contributed by atoms with Crippen LogP contribution in [0, 0.1) is 0 Å². The quantitative estimate of drug-likeness (QED) is 0.848. The molecule has 1 fully saturated rings. The molecular formula is C17H19FN2O2. The molecule has 4 nitrogen and oxygen atoms in total. The molecule has 1 amide bonds. The van der Waals surface area contributed by atoms with Crippen molar-refractivity contribution in [3.8, 4) is 0 Å². The second kappa shape index (κ2) is 5.09. The van der Waals surface area contributed by atoms with Gasteiger partial charge in [0.2, 0.25) is 0 Å². The number of aliphatic hydroxyl groups excluding tert-OH is 1. The van der Waals surface area contributed by atoms with Gasteiger partial charge in [-0.15, -0.1) is 0 Å². The molecular weight excluding hydrogens is 283 g/mol. The predicted molar refractivity (Wildman–Crippen MR) is 81.7 cm³/mol. The van der Waals surface area contributed by atoms with Crippen molar-refractivity contribution in [2.24, 2.45) is 0 Å². The highest BCUT2D eigenvalue weighted by Crippen LogP contribution is 2.31. The summed E-state index contributed by atoms with van der Waals surface area (Å²) < 4.78 is 13.5. The number of rotatable bonds is 1. The van der Waals surface area contributed by atoms with Crippen LogP contribution in [0.1, 0.15) is 34.5 Å². The third-order valence-corrected chi connectivity index (χ3v) is 4.87. The van der Waals surface area contributed by atoms with E-state index in [1.807, 2.05) is 12.1 Å². The number of benzene rings is 1. The zero-order valence-corrected chi connectivity index (χ0v) is 12.3. The summed E-state index contributed by atoms with van der Waals surface area (Å²) in [5, 5.41) is 10.6. The standard InChI is InChI=1S/C17H19FN2O2/c18-13-8-20(9-15(13)21)17(22)12-6-3-5-11-10-4-1-2-7-14(10)19-16(11)12/h3,5-6,13,15,19,21H,1-2,4,7-9H2/t13-,15-/m1/s1. The summed E-state index contributed by atoms with van der Waals surface area (Å²) in [6.07, 6.45) is 2.00. The number of carbonyl (C=O) groups excluding carboxylic acids is 1. The van der Waals surface area contributed by atoms with Crippen molar-refractivity contribution in [2.75, 3.05) is 13.1 Å². The largest absolute Gasteiger partial charge is 0.388 e. The van der Waals surface area contributed by atoms with Gasteiger partial charge in [0, 0.05) is 17.6 Å². The molecule has 22 heavy (non-hydrogen) atoms. The van der Waals surface area contributed by atoms with E-state index in [0.717, 1.165) is 23.7 Å². The lowest BCUT2D eigenvalue weighted by Gasteiger charge is -2.15. The summed E-state index contributed by atoms with van der Waals surface area (Å²) in [4.78, 5) is 17.5. The zero-order chi connectivity index (χ0) is 15.3. The maximum atomic E-state index is 13.5. The molecule has 1 aromatic carbocycles. The molecule has 0 saturated carbocycles. The van der Waals surface area contributed by atoms with Crippen LogP contribution >= 0.6 is 0 Å². The number of amides is 1. The number of aromatic nitrogens is 1. The number of hydrogen-bond acceptors (Lipinski definition) is 2. The molecule has 2 N–H and O–H groups in total. The van der Waals surface area contributed by atoms with Crippen molar-refractivity contribution in [3.05, 3.63) is 35.0 Å². The third kappa shape index (κ3) is 2.03. The molecule has 4 rings (SSSR count). The molecule has 0 bridgehead atoms. The molecule has 2 aliphatic rings. The maximum absolute atomic E-state index is 13.5. The van der Waals surface area contributed by atoms with E-state index in [-0.39, 0.29) is 19.0 Å². The predicted octanol–water partition coefficient (Wildman–Crippen LogP) is 2.20. The van der Waals surface area contributed by atoms with Gasteiger partial charge in [0.05, 0.1) is 17.6 Å². The first kappa shape index (κ1) is 13.8. The summed E-state index contributed by atoms with van der Waals surface area (Å²) in [7, 11) is 0. The molecule has 0 unspecified atom stereocenters. The minimum atomic E-state index is -1.35. The van der Waals surface area contributed by atoms with E-state index in [2.05, 4.69) is 4.98 Å². The molecule has 1 aliphatic carbocycles. The molecule has 2 heterocycles. The molecule has 1 aromatic heterocycles. The lowest BCUT2D eigenvalue weighted by molar-refractivity contribution is 0.0766. The number of H-pyrrole nitrogens is 1. The van der Waals surface area contributed by atoms with Crippen molar-refractivity contribution in [3.63, 3.8) is 0 Å². The van der Waals surface area contributed by atoms with E-state index in [1.165, 1.54) is 29.0 Å². The maximum Gasteiger partial charge on any atom is 0.256 e. The Bertz CT molecular complexity index is 730. The highest BCUT2D eigenvalue weighted by Gasteiger charge is 2.35. The van der Waals surface area contributed by atoms with Gasteiger partial charge in [0.15, 0.2) is 0 Å². The van der Waals surface area contributed by atoms with Crippen molar-refractivity contribution >= 4 is 16.8 Å². The minimum Gasteiger partial charge on any atom is -0.388 e. The highest BCUT2D eigenvalue weighted by molar-refractivity contribution is 6.07. The van der Waals surface area contributed by atoms with E-state index >= 15 is 0 Å². The molecule has 1 aliphatic heterocycles. The Hall–Kier alpha value is -1.88. The van der Waals surface area contributed by atoms with Gasteiger partial charge in [-0.3, -0.25) is 4.79 Å². The van der Waals surface area contributed by atoms with Gasteiger partial charge < -0.3 is 15.0 Å². The number of aliphatic hydroxyl groups is 1. The van der Waals surface area contributed by atoms with Crippen molar-refractivity contribution in [1.29, 1.82) is 0 Å². The number of alkyl halides is 1. The van der Waals surface area contributed by atoms with Crippen LogP contribution in [0.15, 0.2) is 18.2 Å². The number of likely N-dealkylation sites (tertiary alicyclic amines) is 1. The van der Waals surface area contributed by atoms with E-state index < -0.39 is 12.3 Å². The fourth-order valence-corrected chi connectivity index (χ4v) is 3.69. The van der Waals surface area contributed by atoms with Crippen LogP contribution in [0.25, 0.3) is 10.9 Å². The molecule has 0 radical (unpaired) electrons. The van der Waals surface area contributed by atoms with Gasteiger partial charge in [0.1, 0.15) is 12.3 Å².